The van der Waals surface area contributed by atoms with Crippen molar-refractivity contribution in [1.82, 2.24) is 19.4 Å². The third kappa shape index (κ3) is 7.21. The van der Waals surface area contributed by atoms with Crippen molar-refractivity contribution in [2.75, 3.05) is 37.2 Å². The Kier molecular flexibility index (Phi) is 9.18. The van der Waals surface area contributed by atoms with Crippen LogP contribution in [0.1, 0.15) is 37.1 Å². The fourth-order valence-electron chi connectivity index (χ4n) is 5.08. The second-order valence-corrected chi connectivity index (χ2v) is 14.2. The zero-order valence-corrected chi connectivity index (χ0v) is 25.2. The number of likely N-dealkylation sites (tertiary alicyclic amines) is 1. The van der Waals surface area contributed by atoms with Crippen LogP contribution in [0.25, 0.3) is 16.7 Å². The van der Waals surface area contributed by atoms with Gasteiger partial charge in [0.05, 0.1) is 15.2 Å². The highest BCUT2D eigenvalue weighted by atomic mass is 35.5. The van der Waals surface area contributed by atoms with Gasteiger partial charge in [0, 0.05) is 24.8 Å². The highest BCUT2D eigenvalue weighted by Crippen LogP contribution is 2.26. The van der Waals surface area contributed by atoms with E-state index in [1.165, 1.54) is 55.2 Å². The number of hydrogen-bond donors (Lipinski definition) is 1. The molecule has 1 aliphatic heterocycles. The predicted octanol–water partition coefficient (Wildman–Crippen LogP) is 4.68. The number of carbonyl (C=O) groups excluding carboxylic acids is 1. The SMILES string of the molecule is Cc1nc2cc(NCCCN3CCCCC3)ccc2c(=O)n1-c1ccc(CC(=O)CS(=O)(=O)c2ccc(Cl)s2)cn1. The molecule has 0 unspecified atom stereocenters. The molecule has 0 saturated carbocycles. The van der Waals surface area contributed by atoms with Gasteiger partial charge in [-0.1, -0.05) is 24.1 Å². The van der Waals surface area contributed by atoms with E-state index in [4.69, 9.17) is 11.6 Å². The van der Waals surface area contributed by atoms with E-state index in [0.717, 1.165) is 36.5 Å². The Morgan fingerprint density at radius 1 is 1.10 bits per heavy atom. The van der Waals surface area contributed by atoms with Crippen LogP contribution in [0.4, 0.5) is 5.69 Å². The second kappa shape index (κ2) is 12.8. The molecule has 1 fully saturated rings. The number of aryl methyl sites for hydroxylation is 1. The van der Waals surface area contributed by atoms with Crippen molar-refractivity contribution < 1.29 is 13.2 Å². The third-order valence-corrected chi connectivity index (χ3v) is 10.6. The molecule has 1 aromatic carbocycles. The molecule has 3 aromatic heterocycles. The summed E-state index contributed by atoms with van der Waals surface area (Å²) in [5.74, 6) is -0.213. The maximum atomic E-state index is 13.4. The monoisotopic (exact) mass is 613 g/mol. The quantitative estimate of drug-likeness (QED) is 0.243. The van der Waals surface area contributed by atoms with E-state index in [2.05, 4.69) is 20.2 Å². The van der Waals surface area contributed by atoms with Crippen molar-refractivity contribution in [3.8, 4) is 5.82 Å². The number of pyridine rings is 1. The number of thiophene rings is 1. The largest absolute Gasteiger partial charge is 0.385 e. The van der Waals surface area contributed by atoms with Gasteiger partial charge >= 0.3 is 0 Å². The van der Waals surface area contributed by atoms with Crippen LogP contribution in [0.2, 0.25) is 4.34 Å². The summed E-state index contributed by atoms with van der Waals surface area (Å²) in [5, 5.41) is 3.93. The van der Waals surface area contributed by atoms with Gasteiger partial charge in [-0.05, 0) is 87.8 Å². The fourth-order valence-corrected chi connectivity index (χ4v) is 7.89. The van der Waals surface area contributed by atoms with Gasteiger partial charge in [-0.15, -0.1) is 11.3 Å². The first-order valence-electron chi connectivity index (χ1n) is 13.6. The fraction of sp³-hybridized carbons (Fsp3) is 0.379. The van der Waals surface area contributed by atoms with Crippen molar-refractivity contribution in [2.45, 2.75) is 43.2 Å². The summed E-state index contributed by atoms with van der Waals surface area (Å²) in [6.45, 7) is 6.08. The molecule has 1 saturated heterocycles. The number of benzene rings is 1. The van der Waals surface area contributed by atoms with Gasteiger partial charge in [0.15, 0.2) is 15.6 Å². The summed E-state index contributed by atoms with van der Waals surface area (Å²) in [4.78, 5) is 37.4. The molecule has 9 nitrogen and oxygen atoms in total. The summed E-state index contributed by atoms with van der Waals surface area (Å²) in [7, 11) is -3.75. The van der Waals surface area contributed by atoms with E-state index in [1.54, 1.807) is 25.1 Å². The van der Waals surface area contributed by atoms with Crippen LogP contribution in [0.3, 0.4) is 0 Å². The molecule has 4 heterocycles. The summed E-state index contributed by atoms with van der Waals surface area (Å²) in [5.41, 5.74) is 1.85. The van der Waals surface area contributed by atoms with Gasteiger partial charge in [0.1, 0.15) is 21.6 Å². The first kappa shape index (κ1) is 29.4. The van der Waals surface area contributed by atoms with Crippen LogP contribution >= 0.6 is 22.9 Å². The van der Waals surface area contributed by atoms with E-state index >= 15 is 0 Å². The number of Topliss-reactive ketones (excluding diaryl/α,β-unsaturated/α-hetero) is 1. The van der Waals surface area contributed by atoms with E-state index in [1.807, 2.05) is 12.1 Å². The molecule has 4 aromatic rings. The minimum Gasteiger partial charge on any atom is -0.385 e. The zero-order chi connectivity index (χ0) is 29.0. The average molecular weight is 614 g/mol. The third-order valence-electron chi connectivity index (χ3n) is 7.11. The summed E-state index contributed by atoms with van der Waals surface area (Å²) >= 11 is 6.76. The molecular formula is C29H32ClN5O4S2. The highest BCUT2D eigenvalue weighted by Gasteiger charge is 2.22. The van der Waals surface area contributed by atoms with Gasteiger partial charge in [0.25, 0.3) is 5.56 Å². The lowest BCUT2D eigenvalue weighted by Gasteiger charge is -2.26. The molecule has 0 amide bonds. The Morgan fingerprint density at radius 3 is 2.61 bits per heavy atom. The molecule has 41 heavy (non-hydrogen) atoms. The van der Waals surface area contributed by atoms with Crippen LogP contribution in [0.15, 0.2) is 57.7 Å². The first-order valence-corrected chi connectivity index (χ1v) is 16.5. The van der Waals surface area contributed by atoms with E-state index in [0.29, 0.717) is 32.4 Å². The van der Waals surface area contributed by atoms with Crippen molar-refractivity contribution in [2.24, 2.45) is 0 Å². The zero-order valence-electron chi connectivity index (χ0n) is 22.8. The highest BCUT2D eigenvalue weighted by molar-refractivity contribution is 7.94. The topological polar surface area (TPSA) is 114 Å². The van der Waals surface area contributed by atoms with Gasteiger partial charge in [-0.25, -0.2) is 23.0 Å². The number of fused-ring (bicyclic) bond motifs is 1. The number of rotatable bonds is 11. The molecule has 1 N–H and O–H groups in total. The number of halogens is 1. The Bertz CT molecular complexity index is 1710. The number of piperidine rings is 1. The summed E-state index contributed by atoms with van der Waals surface area (Å²) in [6.07, 6.45) is 6.36. The Balaban J connectivity index is 1.24. The molecule has 5 rings (SSSR count). The van der Waals surface area contributed by atoms with Crippen molar-refractivity contribution in [3.05, 3.63) is 74.7 Å². The van der Waals surface area contributed by atoms with Crippen LogP contribution < -0.4 is 10.9 Å². The summed E-state index contributed by atoms with van der Waals surface area (Å²) < 4.78 is 26.8. The minimum atomic E-state index is -3.75. The molecule has 0 spiro atoms. The molecule has 12 heteroatoms. The van der Waals surface area contributed by atoms with E-state index in [9.17, 15) is 18.0 Å². The number of nitrogens with zero attached hydrogens (tertiary/aromatic N) is 4. The standard InChI is InChI=1S/C29H32ClN5O4S2/c1-20-33-25-17-22(31-12-5-15-34-13-3-2-4-14-34)7-8-24(25)29(37)35(20)27-10-6-21(18-32-27)16-23(36)19-41(38,39)28-11-9-26(30)40-28/h6-11,17-18,31H,2-5,12-16,19H2,1H3. The van der Waals surface area contributed by atoms with Crippen LogP contribution in [0, 0.1) is 6.92 Å². The lowest BCUT2D eigenvalue weighted by molar-refractivity contribution is -0.116. The molecular weight excluding hydrogens is 582 g/mol. The number of carbonyl (C=O) groups is 1. The Hall–Kier alpha value is -3.12. The lowest BCUT2D eigenvalue weighted by atomic mass is 10.1. The predicted molar refractivity (Wildman–Crippen MR) is 163 cm³/mol. The number of nitrogens with one attached hydrogen (secondary N) is 1. The molecule has 0 radical (unpaired) electrons. The van der Waals surface area contributed by atoms with Gasteiger partial charge in [0.2, 0.25) is 0 Å². The number of aromatic nitrogens is 3. The average Bonchev–Trinajstić information content (AvgIpc) is 3.39. The molecule has 216 valence electrons. The number of hydrogen-bond acceptors (Lipinski definition) is 9. The second-order valence-electron chi connectivity index (χ2n) is 10.3. The maximum absolute atomic E-state index is 13.4. The van der Waals surface area contributed by atoms with Gasteiger partial charge in [-0.3, -0.25) is 9.59 Å². The molecule has 0 aliphatic carbocycles. The van der Waals surface area contributed by atoms with Gasteiger partial charge < -0.3 is 10.2 Å². The van der Waals surface area contributed by atoms with E-state index < -0.39 is 21.4 Å². The number of sulfone groups is 1. The number of anilines is 1. The normalized spacial score (nSPS) is 14.4. The van der Waals surface area contributed by atoms with Crippen molar-refractivity contribution in [3.63, 3.8) is 0 Å². The molecule has 0 atom stereocenters. The minimum absolute atomic E-state index is 0.0683. The maximum Gasteiger partial charge on any atom is 0.267 e. The lowest BCUT2D eigenvalue weighted by Crippen LogP contribution is -2.31. The summed E-state index contributed by atoms with van der Waals surface area (Å²) in [6, 6.07) is 11.8. The van der Waals surface area contributed by atoms with Crippen molar-refractivity contribution in [1.29, 1.82) is 0 Å². The molecule has 1 aliphatic rings. The van der Waals surface area contributed by atoms with Crippen LogP contribution in [-0.4, -0.2) is 65.6 Å². The van der Waals surface area contributed by atoms with Crippen LogP contribution in [0.5, 0.6) is 0 Å². The molecule has 0 bridgehead atoms. The Morgan fingerprint density at radius 2 is 1.90 bits per heavy atom. The van der Waals surface area contributed by atoms with Gasteiger partial charge in [-0.2, -0.15) is 0 Å². The first-order chi connectivity index (χ1) is 19.7. The van der Waals surface area contributed by atoms with Crippen LogP contribution in [-0.2, 0) is 21.1 Å². The van der Waals surface area contributed by atoms with E-state index in [-0.39, 0.29) is 16.2 Å². The number of ketones is 1. The smallest absolute Gasteiger partial charge is 0.267 e. The van der Waals surface area contributed by atoms with Crippen molar-refractivity contribution >= 4 is 55.1 Å². The Labute approximate surface area is 248 Å².